The third kappa shape index (κ3) is 5.93. The van der Waals surface area contributed by atoms with E-state index in [0.717, 1.165) is 23.1 Å². The van der Waals surface area contributed by atoms with E-state index in [1.54, 1.807) is 4.90 Å². The number of halogens is 1. The number of carbonyl (C=O) groups is 1. The van der Waals surface area contributed by atoms with Gasteiger partial charge in [-0.3, -0.25) is 4.90 Å². The van der Waals surface area contributed by atoms with Crippen molar-refractivity contribution in [2.75, 3.05) is 13.2 Å². The third-order valence-electron chi connectivity index (χ3n) is 3.42. The summed E-state index contributed by atoms with van der Waals surface area (Å²) < 4.78 is 6.03. The van der Waals surface area contributed by atoms with Gasteiger partial charge < -0.3 is 9.84 Å². The highest BCUT2D eigenvalue weighted by molar-refractivity contribution is 9.10. The van der Waals surface area contributed by atoms with Crippen LogP contribution in [0.15, 0.2) is 22.8 Å². The molecule has 0 fully saturated rings. The first-order valence-corrected chi connectivity index (χ1v) is 8.44. The molecule has 1 atom stereocenters. The minimum Gasteiger partial charge on any atom is -0.449 e. The maximum absolute atomic E-state index is 12.4. The van der Waals surface area contributed by atoms with E-state index >= 15 is 0 Å². The number of ether oxygens (including phenoxy) is 1. The molecule has 5 nitrogen and oxygen atoms in total. The molecule has 1 aromatic rings. The molecular formula is C16H25BrN2O3. The van der Waals surface area contributed by atoms with Crippen LogP contribution in [0.3, 0.4) is 0 Å². The van der Waals surface area contributed by atoms with E-state index in [-0.39, 0.29) is 18.6 Å². The zero-order valence-electron chi connectivity index (χ0n) is 13.5. The summed E-state index contributed by atoms with van der Waals surface area (Å²) in [5.41, 5.74) is 0.751. The molecule has 124 valence electrons. The number of carbonyl (C=O) groups excluding carboxylic acids is 1. The number of pyridine rings is 1. The number of hydrogen-bond donors (Lipinski definition) is 1. The molecule has 1 heterocycles. The van der Waals surface area contributed by atoms with Crippen LogP contribution in [-0.4, -0.2) is 40.3 Å². The Kier molecular flexibility index (Phi) is 8.42. The Morgan fingerprint density at radius 2 is 2.18 bits per heavy atom. The predicted molar refractivity (Wildman–Crippen MR) is 89.4 cm³/mol. The molecule has 1 aromatic heterocycles. The molecule has 0 aliphatic rings. The number of hydrogen-bond acceptors (Lipinski definition) is 4. The van der Waals surface area contributed by atoms with E-state index in [0.29, 0.717) is 13.2 Å². The predicted octanol–water partition coefficient (Wildman–Crippen LogP) is 3.60. The second kappa shape index (κ2) is 9.79. The highest BCUT2D eigenvalue weighted by atomic mass is 79.9. The van der Waals surface area contributed by atoms with Crippen molar-refractivity contribution in [2.45, 2.75) is 46.2 Å². The van der Waals surface area contributed by atoms with Gasteiger partial charge in [-0.05, 0) is 40.4 Å². The lowest BCUT2D eigenvalue weighted by Gasteiger charge is -2.32. The number of aromatic nitrogens is 1. The number of aliphatic hydroxyl groups is 1. The average Bonchev–Trinajstić information content (AvgIpc) is 2.47. The molecule has 1 N–H and O–H groups in total. The summed E-state index contributed by atoms with van der Waals surface area (Å²) in [7, 11) is 0. The number of amides is 1. The molecule has 1 amide bonds. The zero-order chi connectivity index (χ0) is 16.5. The molecule has 0 spiro atoms. The van der Waals surface area contributed by atoms with Crippen molar-refractivity contribution in [3.8, 4) is 0 Å². The number of unbranched alkanes of at least 4 members (excludes halogenated alkanes) is 1. The normalized spacial score (nSPS) is 12.3. The van der Waals surface area contributed by atoms with Gasteiger partial charge in [0.2, 0.25) is 0 Å². The van der Waals surface area contributed by atoms with E-state index in [2.05, 4.69) is 20.9 Å². The van der Waals surface area contributed by atoms with Crippen LogP contribution in [0.25, 0.3) is 0 Å². The highest BCUT2D eigenvalue weighted by Crippen LogP contribution is 2.17. The Labute approximate surface area is 140 Å². The van der Waals surface area contributed by atoms with Crippen molar-refractivity contribution in [3.05, 3.63) is 28.5 Å². The number of rotatable bonds is 8. The Morgan fingerprint density at radius 3 is 2.73 bits per heavy atom. The van der Waals surface area contributed by atoms with Gasteiger partial charge in [0, 0.05) is 0 Å². The van der Waals surface area contributed by atoms with Crippen molar-refractivity contribution in [2.24, 2.45) is 5.92 Å². The second-order valence-corrected chi connectivity index (χ2v) is 6.35. The van der Waals surface area contributed by atoms with Crippen LogP contribution in [0.2, 0.25) is 0 Å². The smallest absolute Gasteiger partial charge is 0.410 e. The molecule has 22 heavy (non-hydrogen) atoms. The quantitative estimate of drug-likeness (QED) is 0.559. The van der Waals surface area contributed by atoms with Gasteiger partial charge in [-0.2, -0.15) is 0 Å². The van der Waals surface area contributed by atoms with E-state index < -0.39 is 6.09 Å². The Morgan fingerprint density at radius 1 is 1.45 bits per heavy atom. The summed E-state index contributed by atoms with van der Waals surface area (Å²) >= 11 is 3.33. The average molecular weight is 373 g/mol. The van der Waals surface area contributed by atoms with Crippen LogP contribution in [0.5, 0.6) is 0 Å². The number of aliphatic hydroxyl groups excluding tert-OH is 1. The Bertz CT molecular complexity index is 468. The van der Waals surface area contributed by atoms with Gasteiger partial charge in [-0.1, -0.05) is 33.3 Å². The van der Waals surface area contributed by atoms with Gasteiger partial charge in [0.15, 0.2) is 0 Å². The van der Waals surface area contributed by atoms with Crippen LogP contribution in [0.4, 0.5) is 4.79 Å². The molecular weight excluding hydrogens is 348 g/mol. The summed E-state index contributed by atoms with van der Waals surface area (Å²) in [6.45, 7) is 6.60. The van der Waals surface area contributed by atoms with Crippen molar-refractivity contribution in [1.82, 2.24) is 9.88 Å². The molecule has 0 saturated carbocycles. The summed E-state index contributed by atoms with van der Waals surface area (Å²) in [4.78, 5) is 18.3. The maximum atomic E-state index is 12.4. The standard InChI is InChI=1S/C16H25BrN2O3/c1-4-5-9-22-16(21)19(14(11-20)12(2)3)10-13-7-6-8-15(17)18-13/h6-8,12,14,20H,4-5,9-11H2,1-3H3. The fourth-order valence-electron chi connectivity index (χ4n) is 2.09. The zero-order valence-corrected chi connectivity index (χ0v) is 15.0. The highest BCUT2D eigenvalue weighted by Gasteiger charge is 2.27. The first-order valence-electron chi connectivity index (χ1n) is 7.65. The van der Waals surface area contributed by atoms with Crippen molar-refractivity contribution in [3.63, 3.8) is 0 Å². The first kappa shape index (κ1) is 18.9. The molecule has 0 bridgehead atoms. The van der Waals surface area contributed by atoms with Gasteiger partial charge >= 0.3 is 6.09 Å². The fraction of sp³-hybridized carbons (Fsp3) is 0.625. The van der Waals surface area contributed by atoms with Crippen LogP contribution in [0.1, 0.15) is 39.3 Å². The van der Waals surface area contributed by atoms with Crippen molar-refractivity contribution >= 4 is 22.0 Å². The monoisotopic (exact) mass is 372 g/mol. The van der Waals surface area contributed by atoms with Crippen LogP contribution in [-0.2, 0) is 11.3 Å². The van der Waals surface area contributed by atoms with E-state index in [1.165, 1.54) is 0 Å². The van der Waals surface area contributed by atoms with Gasteiger partial charge in [0.25, 0.3) is 0 Å². The minimum atomic E-state index is -0.400. The topological polar surface area (TPSA) is 62.7 Å². The second-order valence-electron chi connectivity index (χ2n) is 5.54. The van der Waals surface area contributed by atoms with Gasteiger partial charge in [-0.25, -0.2) is 9.78 Å². The fourth-order valence-corrected chi connectivity index (χ4v) is 2.47. The minimum absolute atomic E-state index is 0.103. The largest absolute Gasteiger partial charge is 0.449 e. The van der Waals surface area contributed by atoms with E-state index in [9.17, 15) is 9.90 Å². The van der Waals surface area contributed by atoms with Crippen LogP contribution >= 0.6 is 15.9 Å². The van der Waals surface area contributed by atoms with Crippen LogP contribution in [0, 0.1) is 5.92 Å². The molecule has 0 aliphatic carbocycles. The summed E-state index contributed by atoms with van der Waals surface area (Å²) in [5.74, 6) is 0.121. The van der Waals surface area contributed by atoms with Gasteiger partial charge in [-0.15, -0.1) is 0 Å². The molecule has 0 radical (unpaired) electrons. The lowest BCUT2D eigenvalue weighted by molar-refractivity contribution is 0.0495. The van der Waals surface area contributed by atoms with E-state index in [1.807, 2.05) is 39.0 Å². The summed E-state index contributed by atoms with van der Waals surface area (Å²) in [6.07, 6.45) is 1.40. The van der Waals surface area contributed by atoms with Crippen molar-refractivity contribution < 1.29 is 14.6 Å². The molecule has 6 heteroatoms. The van der Waals surface area contributed by atoms with Gasteiger partial charge in [0.05, 0.1) is 31.5 Å². The van der Waals surface area contributed by atoms with Crippen LogP contribution < -0.4 is 0 Å². The lowest BCUT2D eigenvalue weighted by Crippen LogP contribution is -2.45. The molecule has 0 aromatic carbocycles. The SMILES string of the molecule is CCCCOC(=O)N(Cc1cccc(Br)n1)C(CO)C(C)C. The Balaban J connectivity index is 2.87. The van der Waals surface area contributed by atoms with Gasteiger partial charge in [0.1, 0.15) is 4.60 Å². The maximum Gasteiger partial charge on any atom is 0.410 e. The molecule has 1 unspecified atom stereocenters. The first-order chi connectivity index (χ1) is 10.5. The van der Waals surface area contributed by atoms with Crippen molar-refractivity contribution in [1.29, 1.82) is 0 Å². The summed E-state index contributed by atoms with van der Waals surface area (Å²) in [5, 5.41) is 9.64. The summed E-state index contributed by atoms with van der Waals surface area (Å²) in [6, 6.07) is 5.26. The third-order valence-corrected chi connectivity index (χ3v) is 3.86. The Hall–Kier alpha value is -1.14. The molecule has 0 aliphatic heterocycles. The molecule has 1 rings (SSSR count). The molecule has 0 saturated heterocycles. The number of nitrogens with zero attached hydrogens (tertiary/aromatic N) is 2. The van der Waals surface area contributed by atoms with E-state index in [4.69, 9.17) is 4.74 Å². The lowest BCUT2D eigenvalue weighted by atomic mass is 10.0.